The second-order valence-corrected chi connectivity index (χ2v) is 8.12. The zero-order valence-electron chi connectivity index (χ0n) is 8.50. The monoisotopic (exact) mass is 310 g/mol. The molecule has 0 aromatic heterocycles. The molecule has 0 N–H and O–H groups in total. The average Bonchev–Trinajstić information content (AvgIpc) is 2.00. The lowest BCUT2D eigenvalue weighted by atomic mass is 10.0. The molecule has 1 rings (SSSR count). The summed E-state index contributed by atoms with van der Waals surface area (Å²) >= 11 is 3.34. The number of rotatable bonds is 3. The zero-order chi connectivity index (χ0) is 11.7. The van der Waals surface area contributed by atoms with Gasteiger partial charge < -0.3 is 0 Å². The van der Waals surface area contributed by atoms with Crippen molar-refractivity contribution in [3.05, 3.63) is 34.3 Å². The lowest BCUT2D eigenvalue weighted by molar-refractivity contribution is 0.559. The highest BCUT2D eigenvalue weighted by Crippen LogP contribution is 2.26. The molecule has 1 aromatic carbocycles. The van der Waals surface area contributed by atoms with Gasteiger partial charge in [0.05, 0.1) is 4.75 Å². The summed E-state index contributed by atoms with van der Waals surface area (Å²) in [6, 6.07) is 7.54. The van der Waals surface area contributed by atoms with Gasteiger partial charge >= 0.3 is 0 Å². The predicted molar refractivity (Wildman–Crippen MR) is 66.7 cm³/mol. The molecule has 84 valence electrons. The fourth-order valence-corrected chi connectivity index (χ4v) is 2.17. The fraction of sp³-hybridized carbons (Fsp3) is 0.400. The van der Waals surface area contributed by atoms with E-state index in [0.717, 1.165) is 10.0 Å². The maximum absolute atomic E-state index is 11.3. The summed E-state index contributed by atoms with van der Waals surface area (Å²) in [5.41, 5.74) is 0.943. The number of hydrogen-bond acceptors (Lipinski definition) is 2. The normalized spacial score (nSPS) is 12.8. The van der Waals surface area contributed by atoms with Crippen molar-refractivity contribution in [3.8, 4) is 0 Å². The van der Waals surface area contributed by atoms with Crippen LogP contribution in [0.4, 0.5) is 0 Å². The Morgan fingerprint density at radius 3 is 2.47 bits per heavy atom. The van der Waals surface area contributed by atoms with Crippen LogP contribution in [0.1, 0.15) is 19.4 Å². The molecule has 0 fully saturated rings. The topological polar surface area (TPSA) is 34.1 Å². The van der Waals surface area contributed by atoms with Crippen molar-refractivity contribution in [2.45, 2.75) is 25.0 Å². The smallest absolute Gasteiger partial charge is 0.212 e. The van der Waals surface area contributed by atoms with Crippen molar-refractivity contribution in [1.82, 2.24) is 0 Å². The Labute approximate surface area is 103 Å². The minimum absolute atomic E-state index is 0.401. The molecule has 1 aromatic rings. The van der Waals surface area contributed by atoms with Crippen molar-refractivity contribution >= 4 is 35.7 Å². The molecule has 0 aliphatic carbocycles. The van der Waals surface area contributed by atoms with Gasteiger partial charge in [0.25, 0.3) is 0 Å². The molecule has 0 saturated heterocycles. The first-order valence-electron chi connectivity index (χ1n) is 4.41. The molecular weight excluding hydrogens is 300 g/mol. The van der Waals surface area contributed by atoms with Crippen molar-refractivity contribution in [1.29, 1.82) is 0 Å². The van der Waals surface area contributed by atoms with Crippen LogP contribution in [-0.4, -0.2) is 13.2 Å². The molecule has 0 radical (unpaired) electrons. The standard InChI is InChI=1S/C10H12BrClO2S/c1-10(2,15(12,13)14)7-8-4-3-5-9(11)6-8/h3-6H,7H2,1-2H3. The van der Waals surface area contributed by atoms with E-state index in [-0.39, 0.29) is 0 Å². The molecule has 0 spiro atoms. The van der Waals surface area contributed by atoms with E-state index in [2.05, 4.69) is 15.9 Å². The van der Waals surface area contributed by atoms with Crippen LogP contribution in [0.5, 0.6) is 0 Å². The molecule has 15 heavy (non-hydrogen) atoms. The van der Waals surface area contributed by atoms with Crippen molar-refractivity contribution in [2.75, 3.05) is 0 Å². The van der Waals surface area contributed by atoms with Gasteiger partial charge in [0.15, 0.2) is 0 Å². The Morgan fingerprint density at radius 2 is 2.00 bits per heavy atom. The van der Waals surface area contributed by atoms with Crippen molar-refractivity contribution in [3.63, 3.8) is 0 Å². The Bertz CT molecular complexity index is 454. The van der Waals surface area contributed by atoms with Crippen LogP contribution in [-0.2, 0) is 15.5 Å². The SMILES string of the molecule is CC(C)(Cc1cccc(Br)c1)S(=O)(=O)Cl. The van der Waals surface area contributed by atoms with Gasteiger partial charge in [-0.15, -0.1) is 0 Å². The van der Waals surface area contributed by atoms with E-state index in [1.165, 1.54) is 0 Å². The Hall–Kier alpha value is -0.0600. The quantitative estimate of drug-likeness (QED) is 0.802. The third-order valence-electron chi connectivity index (χ3n) is 2.18. The molecule has 0 amide bonds. The molecule has 0 saturated carbocycles. The highest BCUT2D eigenvalue weighted by Gasteiger charge is 2.32. The first-order chi connectivity index (χ1) is 6.72. The lowest BCUT2D eigenvalue weighted by Gasteiger charge is -2.20. The van der Waals surface area contributed by atoms with Gasteiger partial charge in [-0.25, -0.2) is 8.42 Å². The zero-order valence-corrected chi connectivity index (χ0v) is 11.7. The maximum atomic E-state index is 11.3. The van der Waals surface area contributed by atoms with Crippen LogP contribution in [0.25, 0.3) is 0 Å². The van der Waals surface area contributed by atoms with Gasteiger partial charge in [-0.3, -0.25) is 0 Å². The largest absolute Gasteiger partial charge is 0.238 e. The van der Waals surface area contributed by atoms with E-state index in [1.54, 1.807) is 13.8 Å². The van der Waals surface area contributed by atoms with Gasteiger partial charge in [-0.2, -0.15) is 0 Å². The molecular formula is C10H12BrClO2S. The molecule has 0 heterocycles. The highest BCUT2D eigenvalue weighted by atomic mass is 79.9. The summed E-state index contributed by atoms with van der Waals surface area (Å²) in [7, 11) is 1.82. The van der Waals surface area contributed by atoms with Crippen LogP contribution in [0.3, 0.4) is 0 Å². The minimum atomic E-state index is -3.56. The van der Waals surface area contributed by atoms with Crippen LogP contribution >= 0.6 is 26.6 Å². The third-order valence-corrected chi connectivity index (χ3v) is 5.39. The van der Waals surface area contributed by atoms with E-state index in [9.17, 15) is 8.42 Å². The molecule has 0 bridgehead atoms. The predicted octanol–water partition coefficient (Wildman–Crippen LogP) is 3.34. The summed E-state index contributed by atoms with van der Waals surface area (Å²) in [6.45, 7) is 3.24. The molecule has 0 atom stereocenters. The molecule has 0 aliphatic heterocycles. The number of benzene rings is 1. The lowest BCUT2D eigenvalue weighted by Crippen LogP contribution is -2.30. The van der Waals surface area contributed by atoms with Crippen LogP contribution in [0.15, 0.2) is 28.7 Å². The first-order valence-corrected chi connectivity index (χ1v) is 7.51. The first kappa shape index (κ1) is 13.0. The summed E-state index contributed by atoms with van der Waals surface area (Å²) in [4.78, 5) is 0. The number of halogens is 2. The van der Waals surface area contributed by atoms with Crippen molar-refractivity contribution in [2.24, 2.45) is 0 Å². The highest BCUT2D eigenvalue weighted by molar-refractivity contribution is 9.10. The van der Waals surface area contributed by atoms with Crippen LogP contribution < -0.4 is 0 Å². The van der Waals surface area contributed by atoms with E-state index >= 15 is 0 Å². The van der Waals surface area contributed by atoms with Crippen LogP contribution in [0, 0.1) is 0 Å². The van der Waals surface area contributed by atoms with Gasteiger partial charge in [-0.05, 0) is 38.0 Å². The maximum Gasteiger partial charge on any atom is 0.238 e. The molecule has 5 heteroatoms. The van der Waals surface area contributed by atoms with Crippen LogP contribution in [0.2, 0.25) is 0 Å². The van der Waals surface area contributed by atoms with E-state index in [1.807, 2.05) is 24.3 Å². The summed E-state index contributed by atoms with van der Waals surface area (Å²) in [5, 5.41) is 0. The second kappa shape index (κ2) is 4.44. The summed E-state index contributed by atoms with van der Waals surface area (Å²) in [5.74, 6) is 0. The summed E-state index contributed by atoms with van der Waals surface area (Å²) in [6.07, 6.45) is 0.401. The van der Waals surface area contributed by atoms with Gasteiger partial charge in [0.2, 0.25) is 9.05 Å². The van der Waals surface area contributed by atoms with E-state index in [4.69, 9.17) is 10.7 Å². The second-order valence-electron chi connectivity index (χ2n) is 4.00. The van der Waals surface area contributed by atoms with Gasteiger partial charge in [0.1, 0.15) is 0 Å². The van der Waals surface area contributed by atoms with E-state index in [0.29, 0.717) is 6.42 Å². The molecule has 0 aliphatic rings. The van der Waals surface area contributed by atoms with Gasteiger partial charge in [0, 0.05) is 15.2 Å². The van der Waals surface area contributed by atoms with Crippen molar-refractivity contribution < 1.29 is 8.42 Å². The average molecular weight is 312 g/mol. The Balaban J connectivity index is 2.97. The van der Waals surface area contributed by atoms with Gasteiger partial charge in [-0.1, -0.05) is 28.1 Å². The van der Waals surface area contributed by atoms with E-state index < -0.39 is 13.8 Å². The summed E-state index contributed by atoms with van der Waals surface area (Å²) < 4.78 is 22.6. The Kier molecular flexibility index (Phi) is 3.85. The third kappa shape index (κ3) is 3.47. The fourth-order valence-electron chi connectivity index (χ4n) is 1.22. The minimum Gasteiger partial charge on any atom is -0.212 e. The Morgan fingerprint density at radius 1 is 1.40 bits per heavy atom. The molecule has 2 nitrogen and oxygen atoms in total. The molecule has 0 unspecified atom stereocenters. The number of hydrogen-bond donors (Lipinski definition) is 0.